The maximum absolute atomic E-state index is 10.8. The first-order valence-electron chi connectivity index (χ1n) is 5.34. The van der Waals surface area contributed by atoms with Gasteiger partial charge < -0.3 is 21.0 Å². The maximum atomic E-state index is 10.8. The van der Waals surface area contributed by atoms with Gasteiger partial charge >= 0.3 is 5.97 Å². The van der Waals surface area contributed by atoms with E-state index in [2.05, 4.69) is 4.98 Å². The normalized spacial score (nSPS) is 11.8. The molecular formula is C12H12N4O3. The highest BCUT2D eigenvalue weighted by molar-refractivity contribution is 5.86. The standard InChI is InChI=1S/C12H12N4O3/c13-11(10(16-14)12(17)18)19-8-4-3-7-2-1-5-15-9(7)6-8/h1-6,16H,13-14H2,(H,17,18)/b11-10+. The van der Waals surface area contributed by atoms with Crippen LogP contribution in [0.1, 0.15) is 0 Å². The molecule has 0 unspecified atom stereocenters. The summed E-state index contributed by atoms with van der Waals surface area (Å²) in [7, 11) is 0. The molecule has 19 heavy (non-hydrogen) atoms. The molecule has 0 radical (unpaired) electrons. The molecule has 0 aliphatic carbocycles. The van der Waals surface area contributed by atoms with Crippen molar-refractivity contribution in [3.05, 3.63) is 48.1 Å². The summed E-state index contributed by atoms with van der Waals surface area (Å²) in [5, 5.41) is 9.76. The summed E-state index contributed by atoms with van der Waals surface area (Å²) in [6.45, 7) is 0. The van der Waals surface area contributed by atoms with Crippen LogP contribution in [-0.4, -0.2) is 16.1 Å². The molecule has 6 N–H and O–H groups in total. The number of nitrogens with zero attached hydrogens (tertiary/aromatic N) is 1. The first kappa shape index (κ1) is 12.7. The number of hydrazine groups is 1. The summed E-state index contributed by atoms with van der Waals surface area (Å²) in [5.41, 5.74) is 7.79. The SMILES string of the molecule is NN/C(C(=O)O)=C(\N)Oc1ccc2cccnc2c1. The van der Waals surface area contributed by atoms with Crippen LogP contribution in [0.15, 0.2) is 48.1 Å². The number of carboxylic acids is 1. The molecule has 0 atom stereocenters. The molecule has 0 saturated heterocycles. The van der Waals surface area contributed by atoms with Gasteiger partial charge in [-0.1, -0.05) is 6.07 Å². The van der Waals surface area contributed by atoms with Crippen molar-refractivity contribution < 1.29 is 14.6 Å². The Morgan fingerprint density at radius 3 is 2.84 bits per heavy atom. The van der Waals surface area contributed by atoms with E-state index in [1.807, 2.05) is 17.6 Å². The van der Waals surface area contributed by atoms with Gasteiger partial charge in [-0.15, -0.1) is 0 Å². The van der Waals surface area contributed by atoms with E-state index in [9.17, 15) is 4.79 Å². The van der Waals surface area contributed by atoms with Crippen LogP contribution in [-0.2, 0) is 4.79 Å². The van der Waals surface area contributed by atoms with Crippen molar-refractivity contribution in [2.45, 2.75) is 0 Å². The lowest BCUT2D eigenvalue weighted by Gasteiger charge is -2.09. The zero-order valence-electron chi connectivity index (χ0n) is 9.83. The molecule has 0 spiro atoms. The van der Waals surface area contributed by atoms with E-state index in [1.165, 1.54) is 0 Å². The number of benzene rings is 1. The number of carbonyl (C=O) groups is 1. The first-order valence-corrected chi connectivity index (χ1v) is 5.34. The average Bonchev–Trinajstić information content (AvgIpc) is 2.39. The second kappa shape index (κ2) is 5.23. The van der Waals surface area contributed by atoms with E-state index in [-0.39, 0.29) is 5.88 Å². The van der Waals surface area contributed by atoms with Crippen LogP contribution in [0.2, 0.25) is 0 Å². The third-order valence-corrected chi connectivity index (χ3v) is 2.41. The van der Waals surface area contributed by atoms with Gasteiger partial charge in [0.2, 0.25) is 5.88 Å². The lowest BCUT2D eigenvalue weighted by atomic mass is 10.2. The molecule has 7 heteroatoms. The van der Waals surface area contributed by atoms with E-state index >= 15 is 0 Å². The number of hydrogen-bond donors (Lipinski definition) is 4. The summed E-state index contributed by atoms with van der Waals surface area (Å²) < 4.78 is 5.23. The molecule has 1 aromatic carbocycles. The van der Waals surface area contributed by atoms with E-state index in [0.717, 1.165) is 5.39 Å². The number of aliphatic carboxylic acids is 1. The molecule has 1 heterocycles. The Morgan fingerprint density at radius 1 is 1.37 bits per heavy atom. The number of nitrogens with one attached hydrogen (secondary N) is 1. The van der Waals surface area contributed by atoms with Gasteiger partial charge in [0, 0.05) is 17.6 Å². The molecule has 98 valence electrons. The molecule has 0 aliphatic rings. The number of rotatable bonds is 4. The quantitative estimate of drug-likeness (QED) is 0.269. The summed E-state index contributed by atoms with van der Waals surface area (Å²) >= 11 is 0. The van der Waals surface area contributed by atoms with E-state index in [0.29, 0.717) is 11.3 Å². The van der Waals surface area contributed by atoms with Gasteiger partial charge in [0.05, 0.1) is 5.52 Å². The number of fused-ring (bicyclic) bond motifs is 1. The molecule has 0 fully saturated rings. The van der Waals surface area contributed by atoms with E-state index in [4.69, 9.17) is 21.4 Å². The monoisotopic (exact) mass is 260 g/mol. The van der Waals surface area contributed by atoms with Crippen LogP contribution < -0.4 is 21.7 Å². The number of aromatic nitrogens is 1. The summed E-state index contributed by atoms with van der Waals surface area (Å²) in [6, 6.07) is 8.82. The number of nitrogens with two attached hydrogens (primary N) is 2. The first-order chi connectivity index (χ1) is 9.11. The number of ether oxygens (including phenoxy) is 1. The molecule has 0 bridgehead atoms. The maximum Gasteiger partial charge on any atom is 0.358 e. The fourth-order valence-corrected chi connectivity index (χ4v) is 1.53. The van der Waals surface area contributed by atoms with Gasteiger partial charge in [-0.05, 0) is 18.2 Å². The topological polar surface area (TPSA) is 123 Å². The van der Waals surface area contributed by atoms with Crippen molar-refractivity contribution in [2.75, 3.05) is 0 Å². The summed E-state index contributed by atoms with van der Waals surface area (Å²) in [5.74, 6) is 3.80. The number of pyridine rings is 1. The zero-order valence-corrected chi connectivity index (χ0v) is 9.83. The number of hydrogen-bond acceptors (Lipinski definition) is 6. The predicted molar refractivity (Wildman–Crippen MR) is 68.5 cm³/mol. The van der Waals surface area contributed by atoms with Crippen molar-refractivity contribution in [2.24, 2.45) is 11.6 Å². The van der Waals surface area contributed by atoms with Gasteiger partial charge in [0.15, 0.2) is 5.70 Å². The Labute approximate surface area is 108 Å². The Bertz CT molecular complexity index is 654. The Morgan fingerprint density at radius 2 is 2.16 bits per heavy atom. The van der Waals surface area contributed by atoms with Crippen LogP contribution in [0.3, 0.4) is 0 Å². The Balaban J connectivity index is 2.33. The van der Waals surface area contributed by atoms with Crippen molar-refractivity contribution in [3.8, 4) is 5.75 Å². The smallest absolute Gasteiger partial charge is 0.358 e. The molecule has 2 aromatic rings. The molecule has 0 saturated carbocycles. The van der Waals surface area contributed by atoms with Crippen LogP contribution in [0.25, 0.3) is 10.9 Å². The largest absolute Gasteiger partial charge is 0.476 e. The third kappa shape index (κ3) is 2.72. The van der Waals surface area contributed by atoms with Crippen molar-refractivity contribution in [3.63, 3.8) is 0 Å². The molecule has 7 nitrogen and oxygen atoms in total. The lowest BCUT2D eigenvalue weighted by molar-refractivity contribution is -0.133. The molecule has 1 aromatic heterocycles. The van der Waals surface area contributed by atoms with Gasteiger partial charge in [-0.2, -0.15) is 0 Å². The van der Waals surface area contributed by atoms with Crippen molar-refractivity contribution >= 4 is 16.9 Å². The minimum atomic E-state index is -1.31. The zero-order chi connectivity index (χ0) is 13.8. The van der Waals surface area contributed by atoms with E-state index < -0.39 is 11.7 Å². The number of carboxylic acid groups (broad SMARTS) is 1. The van der Waals surface area contributed by atoms with Crippen molar-refractivity contribution in [1.82, 2.24) is 10.4 Å². The molecular weight excluding hydrogens is 248 g/mol. The molecule has 0 amide bonds. The van der Waals surface area contributed by atoms with Crippen LogP contribution >= 0.6 is 0 Å². The van der Waals surface area contributed by atoms with Crippen LogP contribution in [0.5, 0.6) is 5.75 Å². The van der Waals surface area contributed by atoms with Gasteiger partial charge in [-0.3, -0.25) is 10.8 Å². The Kier molecular flexibility index (Phi) is 3.48. The predicted octanol–water partition coefficient (Wildman–Crippen LogP) is 0.289. The van der Waals surface area contributed by atoms with Gasteiger partial charge in [0.25, 0.3) is 0 Å². The van der Waals surface area contributed by atoms with E-state index in [1.54, 1.807) is 24.4 Å². The summed E-state index contributed by atoms with van der Waals surface area (Å²) in [6.07, 6.45) is 1.65. The highest BCUT2D eigenvalue weighted by Crippen LogP contribution is 2.20. The fourth-order valence-electron chi connectivity index (χ4n) is 1.53. The summed E-state index contributed by atoms with van der Waals surface area (Å²) in [4.78, 5) is 15.0. The molecule has 2 rings (SSSR count). The second-order valence-corrected chi connectivity index (χ2v) is 3.65. The van der Waals surface area contributed by atoms with Gasteiger partial charge in [-0.25, -0.2) is 4.79 Å². The fraction of sp³-hybridized carbons (Fsp3) is 0. The Hall–Kier alpha value is -2.80. The lowest BCUT2D eigenvalue weighted by Crippen LogP contribution is -2.31. The van der Waals surface area contributed by atoms with Crippen molar-refractivity contribution in [1.29, 1.82) is 0 Å². The van der Waals surface area contributed by atoms with Gasteiger partial charge in [0.1, 0.15) is 5.75 Å². The highest BCUT2D eigenvalue weighted by Gasteiger charge is 2.13. The van der Waals surface area contributed by atoms with Crippen LogP contribution in [0.4, 0.5) is 0 Å². The van der Waals surface area contributed by atoms with Crippen LogP contribution in [0, 0.1) is 0 Å². The average molecular weight is 260 g/mol. The third-order valence-electron chi connectivity index (χ3n) is 2.41. The second-order valence-electron chi connectivity index (χ2n) is 3.65. The highest BCUT2D eigenvalue weighted by atomic mass is 16.5. The minimum Gasteiger partial charge on any atom is -0.476 e. The minimum absolute atomic E-state index is 0.328. The molecule has 0 aliphatic heterocycles.